The third-order valence-corrected chi connectivity index (χ3v) is 5.48. The molecule has 18 heavy (non-hydrogen) atoms. The monoisotopic (exact) mass is 388 g/mol. The molecule has 0 aliphatic carbocycles. The first kappa shape index (κ1) is 14.2. The summed E-state index contributed by atoms with van der Waals surface area (Å²) in [5.74, 6) is 0. The number of rotatable bonds is 4. The van der Waals surface area contributed by atoms with Gasteiger partial charge in [0.2, 0.25) is 0 Å². The fraction of sp³-hybridized carbons (Fsp3) is 0.308. The van der Waals surface area contributed by atoms with Crippen LogP contribution in [0.2, 0.25) is 0 Å². The van der Waals surface area contributed by atoms with Crippen LogP contribution in [0.5, 0.6) is 0 Å². The molecular formula is C13H14Br2N2S. The van der Waals surface area contributed by atoms with Crippen molar-refractivity contribution >= 4 is 43.2 Å². The molecule has 5 heteroatoms. The van der Waals surface area contributed by atoms with Crippen molar-refractivity contribution in [2.75, 3.05) is 6.54 Å². The van der Waals surface area contributed by atoms with Gasteiger partial charge in [-0.05, 0) is 63.0 Å². The zero-order valence-electron chi connectivity index (χ0n) is 10.2. The quantitative estimate of drug-likeness (QED) is 0.821. The first-order valence-electron chi connectivity index (χ1n) is 5.72. The van der Waals surface area contributed by atoms with Gasteiger partial charge >= 0.3 is 0 Å². The minimum atomic E-state index is 0.165. The Balaban J connectivity index is 2.37. The van der Waals surface area contributed by atoms with E-state index in [1.165, 1.54) is 5.56 Å². The second-order valence-electron chi connectivity index (χ2n) is 3.99. The van der Waals surface area contributed by atoms with Crippen molar-refractivity contribution in [2.24, 2.45) is 0 Å². The van der Waals surface area contributed by atoms with Gasteiger partial charge in [0.05, 0.1) is 6.04 Å². The Hall–Kier alpha value is -0.230. The maximum Gasteiger partial charge on any atom is 0.114 e. The van der Waals surface area contributed by atoms with E-state index >= 15 is 0 Å². The second-order valence-corrected chi connectivity index (χ2v) is 6.59. The normalized spacial score (nSPS) is 12.7. The van der Waals surface area contributed by atoms with Crippen molar-refractivity contribution in [1.82, 2.24) is 10.3 Å². The van der Waals surface area contributed by atoms with Gasteiger partial charge in [0.1, 0.15) is 5.01 Å². The minimum Gasteiger partial charge on any atom is -0.305 e. The van der Waals surface area contributed by atoms with E-state index in [1.54, 1.807) is 11.3 Å². The number of halogens is 2. The topological polar surface area (TPSA) is 24.9 Å². The lowest BCUT2D eigenvalue weighted by atomic mass is 10.1. The number of thiazole rings is 1. The van der Waals surface area contributed by atoms with Crippen LogP contribution in [0.1, 0.15) is 29.2 Å². The van der Waals surface area contributed by atoms with E-state index in [0.717, 1.165) is 26.2 Å². The fourth-order valence-electron chi connectivity index (χ4n) is 1.75. The second kappa shape index (κ2) is 6.28. The molecule has 2 nitrogen and oxygen atoms in total. The van der Waals surface area contributed by atoms with Crippen LogP contribution < -0.4 is 5.32 Å². The van der Waals surface area contributed by atoms with E-state index in [-0.39, 0.29) is 6.04 Å². The maximum absolute atomic E-state index is 4.59. The lowest BCUT2D eigenvalue weighted by molar-refractivity contribution is 0.626. The highest BCUT2D eigenvalue weighted by molar-refractivity contribution is 9.13. The lowest BCUT2D eigenvalue weighted by Crippen LogP contribution is -2.21. The van der Waals surface area contributed by atoms with Crippen LogP contribution in [-0.2, 0) is 0 Å². The van der Waals surface area contributed by atoms with E-state index in [2.05, 4.69) is 72.7 Å². The average molecular weight is 390 g/mol. The Morgan fingerprint density at radius 3 is 2.67 bits per heavy atom. The maximum atomic E-state index is 4.59. The van der Waals surface area contributed by atoms with Gasteiger partial charge in [-0.3, -0.25) is 0 Å². The van der Waals surface area contributed by atoms with Gasteiger partial charge in [-0.25, -0.2) is 4.98 Å². The Morgan fingerprint density at radius 1 is 1.33 bits per heavy atom. The number of aryl methyl sites for hydroxylation is 1. The van der Waals surface area contributed by atoms with Gasteiger partial charge in [0, 0.05) is 20.0 Å². The highest BCUT2D eigenvalue weighted by Crippen LogP contribution is 2.30. The summed E-state index contributed by atoms with van der Waals surface area (Å²) in [7, 11) is 0. The Bertz CT molecular complexity index is 540. The van der Waals surface area contributed by atoms with Crippen molar-refractivity contribution in [1.29, 1.82) is 0 Å². The number of benzene rings is 1. The van der Waals surface area contributed by atoms with Crippen LogP contribution in [0.3, 0.4) is 0 Å². The number of aromatic nitrogens is 1. The molecule has 96 valence electrons. The zero-order chi connectivity index (χ0) is 13.1. The molecule has 1 aromatic carbocycles. The van der Waals surface area contributed by atoms with Crippen LogP contribution >= 0.6 is 43.2 Å². The Kier molecular flexibility index (Phi) is 4.95. The molecule has 1 N–H and O–H groups in total. The third-order valence-electron chi connectivity index (χ3n) is 2.57. The van der Waals surface area contributed by atoms with Crippen molar-refractivity contribution in [3.05, 3.63) is 48.8 Å². The summed E-state index contributed by atoms with van der Waals surface area (Å²) >= 11 is 8.75. The molecule has 0 bridgehead atoms. The van der Waals surface area contributed by atoms with Crippen molar-refractivity contribution < 1.29 is 0 Å². The summed E-state index contributed by atoms with van der Waals surface area (Å²) < 4.78 is 2.13. The summed E-state index contributed by atoms with van der Waals surface area (Å²) in [6.45, 7) is 5.05. The van der Waals surface area contributed by atoms with Crippen LogP contribution in [0, 0.1) is 6.92 Å². The van der Waals surface area contributed by atoms with Gasteiger partial charge in [0.15, 0.2) is 0 Å². The van der Waals surface area contributed by atoms with Crippen molar-refractivity contribution in [3.8, 4) is 0 Å². The molecule has 0 aliphatic heterocycles. The predicted molar refractivity (Wildman–Crippen MR) is 84.2 cm³/mol. The first-order valence-corrected chi connectivity index (χ1v) is 8.18. The van der Waals surface area contributed by atoms with E-state index in [0.29, 0.717) is 0 Å². The van der Waals surface area contributed by atoms with E-state index in [1.807, 2.05) is 6.92 Å². The molecule has 0 aliphatic rings. The van der Waals surface area contributed by atoms with Crippen LogP contribution in [0.25, 0.3) is 0 Å². The SMILES string of the molecule is CCNC(c1ccc(Br)c(Br)c1)c1nc(C)cs1. The van der Waals surface area contributed by atoms with Gasteiger partial charge in [-0.2, -0.15) is 0 Å². The molecular weight excluding hydrogens is 376 g/mol. The fourth-order valence-corrected chi connectivity index (χ4v) is 3.29. The van der Waals surface area contributed by atoms with E-state index in [4.69, 9.17) is 0 Å². The highest BCUT2D eigenvalue weighted by atomic mass is 79.9. The van der Waals surface area contributed by atoms with E-state index < -0.39 is 0 Å². The molecule has 0 fully saturated rings. The summed E-state index contributed by atoms with van der Waals surface area (Å²) in [5, 5.41) is 6.69. The number of nitrogens with zero attached hydrogens (tertiary/aromatic N) is 1. The molecule has 0 radical (unpaired) electrons. The summed E-state index contributed by atoms with van der Waals surface area (Å²) in [4.78, 5) is 4.59. The van der Waals surface area contributed by atoms with E-state index in [9.17, 15) is 0 Å². The number of nitrogens with one attached hydrogen (secondary N) is 1. The summed E-state index contributed by atoms with van der Waals surface area (Å²) in [6.07, 6.45) is 0. The molecule has 1 atom stereocenters. The highest BCUT2D eigenvalue weighted by Gasteiger charge is 2.17. The summed E-state index contributed by atoms with van der Waals surface area (Å²) in [6, 6.07) is 6.48. The average Bonchev–Trinajstić information content (AvgIpc) is 2.76. The smallest absolute Gasteiger partial charge is 0.114 e. The van der Waals surface area contributed by atoms with Gasteiger partial charge < -0.3 is 5.32 Å². The first-order chi connectivity index (χ1) is 8.61. The molecule has 2 aromatic rings. The number of hydrogen-bond donors (Lipinski definition) is 1. The minimum absolute atomic E-state index is 0.165. The zero-order valence-corrected chi connectivity index (χ0v) is 14.2. The molecule has 1 aromatic heterocycles. The standard InChI is InChI=1S/C13H14Br2N2S/c1-3-16-12(13-17-8(2)7-18-13)9-4-5-10(14)11(15)6-9/h4-7,12,16H,3H2,1-2H3. The van der Waals surface area contributed by atoms with Crippen LogP contribution in [-0.4, -0.2) is 11.5 Å². The van der Waals surface area contributed by atoms with Crippen molar-refractivity contribution in [2.45, 2.75) is 19.9 Å². The molecule has 1 unspecified atom stereocenters. The largest absolute Gasteiger partial charge is 0.305 e. The Labute approximate surface area is 128 Å². The van der Waals surface area contributed by atoms with Crippen LogP contribution in [0.4, 0.5) is 0 Å². The molecule has 0 spiro atoms. The van der Waals surface area contributed by atoms with Crippen LogP contribution in [0.15, 0.2) is 32.5 Å². The molecule has 2 rings (SSSR count). The van der Waals surface area contributed by atoms with Gasteiger partial charge in [-0.15, -0.1) is 11.3 Å². The van der Waals surface area contributed by atoms with Gasteiger partial charge in [-0.1, -0.05) is 13.0 Å². The molecule has 1 heterocycles. The predicted octanol–water partition coefficient (Wildman–Crippen LogP) is 4.68. The number of hydrogen-bond acceptors (Lipinski definition) is 3. The summed E-state index contributed by atoms with van der Waals surface area (Å²) in [5.41, 5.74) is 2.30. The van der Waals surface area contributed by atoms with Crippen molar-refractivity contribution in [3.63, 3.8) is 0 Å². The molecule has 0 amide bonds. The third kappa shape index (κ3) is 3.20. The Morgan fingerprint density at radius 2 is 2.11 bits per heavy atom. The molecule has 0 saturated carbocycles. The molecule has 0 saturated heterocycles. The van der Waals surface area contributed by atoms with Gasteiger partial charge in [0.25, 0.3) is 0 Å². The lowest BCUT2D eigenvalue weighted by Gasteiger charge is -2.16.